The van der Waals surface area contributed by atoms with E-state index >= 15 is 0 Å². The zero-order chi connectivity index (χ0) is 9.42. The lowest BCUT2D eigenvalue weighted by Crippen LogP contribution is -2.16. The van der Waals surface area contributed by atoms with Gasteiger partial charge >= 0.3 is 0 Å². The summed E-state index contributed by atoms with van der Waals surface area (Å²) in [6, 6.07) is 0. The molecule has 2 aromatic rings. The highest BCUT2D eigenvalue weighted by atomic mass is 16.1. The summed E-state index contributed by atoms with van der Waals surface area (Å²) in [5.74, 6) is 5.35. The van der Waals surface area contributed by atoms with E-state index in [2.05, 4.69) is 25.4 Å². The van der Waals surface area contributed by atoms with Crippen LogP contribution in [0.3, 0.4) is 0 Å². The number of nitrogens with two attached hydrogens (primary N) is 2. The van der Waals surface area contributed by atoms with Crippen molar-refractivity contribution in [3.63, 3.8) is 0 Å². The van der Waals surface area contributed by atoms with Gasteiger partial charge in [-0.3, -0.25) is 15.2 Å². The number of aromatic amines is 2. The van der Waals surface area contributed by atoms with Gasteiger partial charge < -0.3 is 10.7 Å². The van der Waals surface area contributed by atoms with Gasteiger partial charge in [-0.2, -0.15) is 9.97 Å². The van der Waals surface area contributed by atoms with Gasteiger partial charge in [-0.1, -0.05) is 0 Å². The predicted octanol–water partition coefficient (Wildman–Crippen LogP) is -1.49. The van der Waals surface area contributed by atoms with E-state index in [1.807, 2.05) is 0 Å². The molecule has 0 unspecified atom stereocenters. The monoisotopic (exact) mass is 181 g/mol. The minimum Gasteiger partial charge on any atom is -0.369 e. The maximum Gasteiger partial charge on any atom is 0.278 e. The van der Waals surface area contributed by atoms with Crippen LogP contribution in [0.5, 0.6) is 0 Å². The standard InChI is InChI=1S/C5H7N7O/c6-4-8-1-2(9-4)10-5(12-7)11-3(1)13/h7H2,(H5,6,8,9,10,11,12,13). The molecule has 0 radical (unpaired) electrons. The van der Waals surface area contributed by atoms with Crippen molar-refractivity contribution in [3.8, 4) is 0 Å². The summed E-state index contributed by atoms with van der Waals surface area (Å²) in [5, 5.41) is 0. The molecular formula is C5H7N7O. The van der Waals surface area contributed by atoms with Crippen LogP contribution in [0.2, 0.25) is 0 Å². The van der Waals surface area contributed by atoms with E-state index in [-0.39, 0.29) is 28.6 Å². The van der Waals surface area contributed by atoms with Crippen molar-refractivity contribution in [2.75, 3.05) is 11.2 Å². The average molecular weight is 181 g/mol. The Labute approximate surface area is 71.3 Å². The molecule has 8 nitrogen and oxygen atoms in total. The van der Waals surface area contributed by atoms with E-state index in [4.69, 9.17) is 11.6 Å². The maximum absolute atomic E-state index is 11.3. The van der Waals surface area contributed by atoms with Gasteiger partial charge in [-0.15, -0.1) is 0 Å². The second kappa shape index (κ2) is 2.45. The fourth-order valence-corrected chi connectivity index (χ4v) is 0.993. The van der Waals surface area contributed by atoms with Crippen LogP contribution in [0.4, 0.5) is 11.9 Å². The highest BCUT2D eigenvalue weighted by molar-refractivity contribution is 5.72. The van der Waals surface area contributed by atoms with Gasteiger partial charge in [0.25, 0.3) is 5.56 Å². The number of anilines is 2. The molecule has 68 valence electrons. The van der Waals surface area contributed by atoms with E-state index in [1.54, 1.807) is 0 Å². The van der Waals surface area contributed by atoms with Gasteiger partial charge in [0.05, 0.1) is 0 Å². The van der Waals surface area contributed by atoms with E-state index in [9.17, 15) is 4.79 Å². The molecule has 0 aliphatic rings. The fraction of sp³-hybridized carbons (Fsp3) is 0. The Morgan fingerprint density at radius 2 is 2.08 bits per heavy atom. The summed E-state index contributed by atoms with van der Waals surface area (Å²) < 4.78 is 0. The number of nitrogen functional groups attached to an aromatic ring is 2. The molecule has 2 heterocycles. The number of hydrogen-bond donors (Lipinski definition) is 5. The minimum absolute atomic E-state index is 0.141. The normalized spacial score (nSPS) is 10.5. The molecule has 0 atom stereocenters. The van der Waals surface area contributed by atoms with Crippen molar-refractivity contribution < 1.29 is 0 Å². The van der Waals surface area contributed by atoms with E-state index in [1.165, 1.54) is 0 Å². The zero-order valence-electron chi connectivity index (χ0n) is 6.46. The van der Waals surface area contributed by atoms with Gasteiger partial charge in [-0.05, 0) is 0 Å². The predicted molar refractivity (Wildman–Crippen MR) is 46.7 cm³/mol. The Morgan fingerprint density at radius 1 is 1.31 bits per heavy atom. The first kappa shape index (κ1) is 7.55. The number of fused-ring (bicyclic) bond motifs is 1. The topological polar surface area (TPSA) is 138 Å². The number of H-pyrrole nitrogens is 2. The van der Waals surface area contributed by atoms with Gasteiger partial charge in [0.15, 0.2) is 17.1 Å². The van der Waals surface area contributed by atoms with Crippen LogP contribution in [0.15, 0.2) is 4.79 Å². The number of aromatic nitrogens is 4. The first-order valence-corrected chi connectivity index (χ1v) is 3.43. The first-order valence-electron chi connectivity index (χ1n) is 3.43. The third-order valence-corrected chi connectivity index (χ3v) is 1.52. The van der Waals surface area contributed by atoms with E-state index in [0.717, 1.165) is 0 Å². The van der Waals surface area contributed by atoms with Crippen molar-refractivity contribution in [1.82, 2.24) is 19.9 Å². The lowest BCUT2D eigenvalue weighted by Gasteiger charge is -1.95. The SMILES string of the molecule is NNc1nc2nc(N)[nH]c2c(=O)[nH]1. The summed E-state index contributed by atoms with van der Waals surface area (Å²) in [6.07, 6.45) is 0. The summed E-state index contributed by atoms with van der Waals surface area (Å²) in [4.78, 5) is 23.8. The number of hydrogen-bond acceptors (Lipinski definition) is 6. The van der Waals surface area contributed by atoms with Crippen LogP contribution in [-0.2, 0) is 0 Å². The fourth-order valence-electron chi connectivity index (χ4n) is 0.993. The molecule has 0 spiro atoms. The summed E-state index contributed by atoms with van der Waals surface area (Å²) in [7, 11) is 0. The lowest BCUT2D eigenvalue weighted by atomic mass is 10.5. The molecule has 2 rings (SSSR count). The number of rotatable bonds is 1. The Balaban J connectivity index is 2.83. The van der Waals surface area contributed by atoms with E-state index < -0.39 is 0 Å². The molecule has 0 saturated carbocycles. The average Bonchev–Trinajstić information content (AvgIpc) is 2.46. The second-order valence-electron chi connectivity index (χ2n) is 2.38. The number of hydrazine groups is 1. The summed E-state index contributed by atoms with van der Waals surface area (Å²) in [5.41, 5.74) is 7.64. The van der Waals surface area contributed by atoms with Crippen molar-refractivity contribution in [1.29, 1.82) is 0 Å². The molecule has 8 heteroatoms. The van der Waals surface area contributed by atoms with Crippen molar-refractivity contribution in [3.05, 3.63) is 10.4 Å². The molecule has 7 N–H and O–H groups in total. The van der Waals surface area contributed by atoms with E-state index in [0.29, 0.717) is 0 Å². The lowest BCUT2D eigenvalue weighted by molar-refractivity contribution is 1.11. The number of nitrogens with zero attached hydrogens (tertiary/aromatic N) is 2. The highest BCUT2D eigenvalue weighted by Crippen LogP contribution is 2.05. The molecule has 13 heavy (non-hydrogen) atoms. The number of imidazole rings is 1. The summed E-state index contributed by atoms with van der Waals surface area (Å²) >= 11 is 0. The van der Waals surface area contributed by atoms with Gasteiger partial charge in [0, 0.05) is 0 Å². The molecular weight excluding hydrogens is 174 g/mol. The van der Waals surface area contributed by atoms with Crippen LogP contribution in [0.25, 0.3) is 11.2 Å². The van der Waals surface area contributed by atoms with Crippen LogP contribution in [0, 0.1) is 0 Å². The number of nitrogens with one attached hydrogen (secondary N) is 3. The first-order chi connectivity index (χ1) is 6.20. The largest absolute Gasteiger partial charge is 0.369 e. The molecule has 0 bridgehead atoms. The second-order valence-corrected chi connectivity index (χ2v) is 2.38. The molecule has 0 saturated heterocycles. The van der Waals surface area contributed by atoms with Crippen molar-refractivity contribution >= 4 is 23.1 Å². The van der Waals surface area contributed by atoms with Crippen LogP contribution < -0.4 is 22.6 Å². The molecule has 0 aromatic carbocycles. The van der Waals surface area contributed by atoms with Gasteiger partial charge in [0.1, 0.15) is 0 Å². The maximum atomic E-state index is 11.3. The van der Waals surface area contributed by atoms with Crippen molar-refractivity contribution in [2.45, 2.75) is 0 Å². The Bertz CT molecular complexity index is 497. The van der Waals surface area contributed by atoms with Gasteiger partial charge in [-0.25, -0.2) is 5.84 Å². The Morgan fingerprint density at radius 3 is 2.77 bits per heavy atom. The molecule has 0 aliphatic carbocycles. The quantitative estimate of drug-likeness (QED) is 0.268. The minimum atomic E-state index is -0.373. The molecule has 0 fully saturated rings. The highest BCUT2D eigenvalue weighted by Gasteiger charge is 2.06. The molecule has 0 aliphatic heterocycles. The Hall–Kier alpha value is -2.09. The molecule has 0 amide bonds. The van der Waals surface area contributed by atoms with Crippen molar-refractivity contribution in [2.24, 2.45) is 5.84 Å². The third kappa shape index (κ3) is 1.08. The Kier molecular flexibility index (Phi) is 1.43. The summed E-state index contributed by atoms with van der Waals surface area (Å²) in [6.45, 7) is 0. The van der Waals surface area contributed by atoms with Crippen LogP contribution in [0.1, 0.15) is 0 Å². The van der Waals surface area contributed by atoms with Gasteiger partial charge in [0.2, 0.25) is 5.95 Å². The zero-order valence-corrected chi connectivity index (χ0v) is 6.46. The van der Waals surface area contributed by atoms with Crippen LogP contribution in [-0.4, -0.2) is 19.9 Å². The van der Waals surface area contributed by atoms with Crippen LogP contribution >= 0.6 is 0 Å². The third-order valence-electron chi connectivity index (χ3n) is 1.52. The molecule has 2 aromatic heterocycles. The smallest absolute Gasteiger partial charge is 0.278 e.